The average Bonchev–Trinajstić information content (AvgIpc) is 2.61. The highest BCUT2D eigenvalue weighted by Crippen LogP contribution is 2.17. The average molecular weight is 361 g/mol. The lowest BCUT2D eigenvalue weighted by Gasteiger charge is -2.05. The molecule has 2 rings (SSSR count). The Labute approximate surface area is 146 Å². The first-order valence-corrected chi connectivity index (χ1v) is 10.3. The van der Waals surface area contributed by atoms with Crippen molar-refractivity contribution < 1.29 is 13.2 Å². The molecular formula is C18H19NO3S2. The van der Waals surface area contributed by atoms with Gasteiger partial charge in [-0.05, 0) is 54.3 Å². The minimum absolute atomic E-state index is 0.0524. The van der Waals surface area contributed by atoms with Crippen LogP contribution in [0.5, 0.6) is 0 Å². The van der Waals surface area contributed by atoms with E-state index in [1.807, 2.05) is 30.5 Å². The third-order valence-electron chi connectivity index (χ3n) is 3.40. The molecule has 0 aliphatic rings. The van der Waals surface area contributed by atoms with Crippen LogP contribution >= 0.6 is 11.8 Å². The van der Waals surface area contributed by atoms with Crippen molar-refractivity contribution in [2.75, 3.05) is 17.3 Å². The summed E-state index contributed by atoms with van der Waals surface area (Å²) in [6.07, 6.45) is 5.19. The molecular weight excluding hydrogens is 342 g/mol. The number of hydrogen-bond acceptors (Lipinski definition) is 4. The maximum Gasteiger partial charge on any atom is 0.248 e. The summed E-state index contributed by atoms with van der Waals surface area (Å²) < 4.78 is 23.5. The third kappa shape index (κ3) is 4.97. The number of sulfone groups is 1. The Morgan fingerprint density at radius 1 is 1.08 bits per heavy atom. The number of anilines is 1. The van der Waals surface area contributed by atoms with Crippen molar-refractivity contribution in [1.29, 1.82) is 0 Å². The molecule has 1 amide bonds. The van der Waals surface area contributed by atoms with E-state index in [-0.39, 0.29) is 16.6 Å². The molecule has 0 bridgehead atoms. The normalized spacial score (nSPS) is 11.6. The van der Waals surface area contributed by atoms with Crippen LogP contribution in [0.25, 0.3) is 6.08 Å². The topological polar surface area (TPSA) is 63.2 Å². The first-order valence-electron chi connectivity index (χ1n) is 7.40. The van der Waals surface area contributed by atoms with Gasteiger partial charge in [0.1, 0.15) is 0 Å². The molecule has 0 aliphatic heterocycles. The number of benzene rings is 2. The van der Waals surface area contributed by atoms with Gasteiger partial charge < -0.3 is 5.32 Å². The lowest BCUT2D eigenvalue weighted by Crippen LogP contribution is -2.08. The zero-order chi connectivity index (χ0) is 17.6. The van der Waals surface area contributed by atoms with Gasteiger partial charge in [-0.1, -0.05) is 19.1 Å². The summed E-state index contributed by atoms with van der Waals surface area (Å²) in [5.74, 6) is -0.216. The Morgan fingerprint density at radius 2 is 1.71 bits per heavy atom. The predicted molar refractivity (Wildman–Crippen MR) is 100 cm³/mol. The Morgan fingerprint density at radius 3 is 2.25 bits per heavy atom. The lowest BCUT2D eigenvalue weighted by atomic mass is 10.2. The highest BCUT2D eigenvalue weighted by atomic mass is 32.2. The van der Waals surface area contributed by atoms with Gasteiger partial charge in [0.25, 0.3) is 0 Å². The Hall–Kier alpha value is -2.05. The first-order chi connectivity index (χ1) is 11.4. The first kappa shape index (κ1) is 18.3. The van der Waals surface area contributed by atoms with Crippen LogP contribution in [0.3, 0.4) is 0 Å². The third-order valence-corrected chi connectivity index (χ3v) is 5.90. The molecule has 0 spiro atoms. The fourth-order valence-corrected chi connectivity index (χ4v) is 3.28. The van der Waals surface area contributed by atoms with Crippen molar-refractivity contribution in [3.8, 4) is 0 Å². The molecule has 0 fully saturated rings. The Bertz CT molecular complexity index is 824. The van der Waals surface area contributed by atoms with Gasteiger partial charge in [-0.15, -0.1) is 11.8 Å². The molecule has 0 saturated heterocycles. The van der Waals surface area contributed by atoms with E-state index in [1.165, 1.54) is 23.1 Å². The number of hydrogen-bond donors (Lipinski definition) is 1. The molecule has 2 aromatic carbocycles. The van der Waals surface area contributed by atoms with E-state index in [9.17, 15) is 13.2 Å². The second-order valence-electron chi connectivity index (χ2n) is 5.02. The van der Waals surface area contributed by atoms with Crippen molar-refractivity contribution in [2.45, 2.75) is 16.7 Å². The van der Waals surface area contributed by atoms with E-state index in [0.29, 0.717) is 5.69 Å². The molecule has 0 saturated carbocycles. The summed E-state index contributed by atoms with van der Waals surface area (Å²) in [7, 11) is -3.22. The van der Waals surface area contributed by atoms with Crippen LogP contribution in [-0.4, -0.2) is 26.3 Å². The summed E-state index contributed by atoms with van der Waals surface area (Å²) >= 11 is 1.66. The molecule has 24 heavy (non-hydrogen) atoms. The number of carbonyl (C=O) groups is 1. The van der Waals surface area contributed by atoms with E-state index in [1.54, 1.807) is 36.9 Å². The SMILES string of the molecule is CCS(=O)(=O)c1ccc(NC(=O)/C=C/c2ccc(SC)cc2)cc1. The molecule has 0 heterocycles. The van der Waals surface area contributed by atoms with E-state index >= 15 is 0 Å². The largest absolute Gasteiger partial charge is 0.323 e. The summed E-state index contributed by atoms with van der Waals surface area (Å²) in [6.45, 7) is 1.60. The fraction of sp³-hybridized carbons (Fsp3) is 0.167. The Balaban J connectivity index is 2.00. The number of rotatable bonds is 6. The van der Waals surface area contributed by atoms with Crippen LogP contribution < -0.4 is 5.32 Å². The highest BCUT2D eigenvalue weighted by Gasteiger charge is 2.10. The number of thioether (sulfide) groups is 1. The van der Waals surface area contributed by atoms with Gasteiger partial charge in [0.15, 0.2) is 9.84 Å². The quantitative estimate of drug-likeness (QED) is 0.627. The summed E-state index contributed by atoms with van der Waals surface area (Å²) in [5, 5.41) is 2.71. The fourth-order valence-electron chi connectivity index (χ4n) is 1.98. The van der Waals surface area contributed by atoms with Gasteiger partial charge in [-0.2, -0.15) is 0 Å². The standard InChI is InChI=1S/C18H19NO3S2/c1-3-24(21,22)17-11-7-15(8-12-17)19-18(20)13-6-14-4-9-16(23-2)10-5-14/h4-13H,3H2,1-2H3,(H,19,20)/b13-6+. The highest BCUT2D eigenvalue weighted by molar-refractivity contribution is 7.98. The van der Waals surface area contributed by atoms with E-state index < -0.39 is 9.84 Å². The maximum absolute atomic E-state index is 11.9. The molecule has 6 heteroatoms. The van der Waals surface area contributed by atoms with Gasteiger partial charge in [-0.25, -0.2) is 8.42 Å². The van der Waals surface area contributed by atoms with Gasteiger partial charge in [0, 0.05) is 16.7 Å². The van der Waals surface area contributed by atoms with Crippen LogP contribution in [0, 0.1) is 0 Å². The van der Waals surface area contributed by atoms with Crippen molar-refractivity contribution >= 4 is 39.3 Å². The molecule has 1 N–H and O–H groups in total. The maximum atomic E-state index is 11.9. The summed E-state index contributed by atoms with van der Waals surface area (Å²) in [6, 6.07) is 14.0. The molecule has 126 valence electrons. The number of nitrogens with one attached hydrogen (secondary N) is 1. The van der Waals surface area contributed by atoms with Crippen molar-refractivity contribution in [3.05, 3.63) is 60.2 Å². The van der Waals surface area contributed by atoms with E-state index in [4.69, 9.17) is 0 Å². The zero-order valence-corrected chi connectivity index (χ0v) is 15.2. The zero-order valence-electron chi connectivity index (χ0n) is 13.5. The molecule has 2 aromatic rings. The van der Waals surface area contributed by atoms with Crippen LogP contribution in [-0.2, 0) is 14.6 Å². The van der Waals surface area contributed by atoms with E-state index in [2.05, 4.69) is 5.32 Å². The van der Waals surface area contributed by atoms with Gasteiger partial charge in [0.05, 0.1) is 10.6 Å². The van der Waals surface area contributed by atoms with Gasteiger partial charge >= 0.3 is 0 Å². The molecule has 0 aliphatic carbocycles. The van der Waals surface area contributed by atoms with Crippen LogP contribution in [0.2, 0.25) is 0 Å². The van der Waals surface area contributed by atoms with Crippen LogP contribution in [0.15, 0.2) is 64.4 Å². The van der Waals surface area contributed by atoms with Gasteiger partial charge in [-0.3, -0.25) is 4.79 Å². The second kappa shape index (κ2) is 8.17. The monoisotopic (exact) mass is 361 g/mol. The second-order valence-corrected chi connectivity index (χ2v) is 8.18. The molecule has 0 unspecified atom stereocenters. The van der Waals surface area contributed by atoms with E-state index in [0.717, 1.165) is 5.56 Å². The molecule has 4 nitrogen and oxygen atoms in total. The lowest BCUT2D eigenvalue weighted by molar-refractivity contribution is -0.111. The molecule has 0 atom stereocenters. The van der Waals surface area contributed by atoms with Crippen molar-refractivity contribution in [2.24, 2.45) is 0 Å². The van der Waals surface area contributed by atoms with Crippen LogP contribution in [0.4, 0.5) is 5.69 Å². The number of amides is 1. The van der Waals surface area contributed by atoms with Crippen LogP contribution in [0.1, 0.15) is 12.5 Å². The van der Waals surface area contributed by atoms with Crippen molar-refractivity contribution in [3.63, 3.8) is 0 Å². The Kier molecular flexibility index (Phi) is 6.23. The summed E-state index contributed by atoms with van der Waals surface area (Å²) in [4.78, 5) is 13.3. The summed E-state index contributed by atoms with van der Waals surface area (Å²) in [5.41, 5.74) is 1.49. The van der Waals surface area contributed by atoms with Gasteiger partial charge in [0.2, 0.25) is 5.91 Å². The molecule has 0 radical (unpaired) electrons. The number of carbonyl (C=O) groups excluding carboxylic acids is 1. The minimum Gasteiger partial charge on any atom is -0.323 e. The molecule has 0 aromatic heterocycles. The van der Waals surface area contributed by atoms with Crippen molar-refractivity contribution in [1.82, 2.24) is 0 Å². The minimum atomic E-state index is -3.22. The smallest absolute Gasteiger partial charge is 0.248 e. The predicted octanol–water partition coefficient (Wildman–Crippen LogP) is 3.85.